The molecule has 42 heavy (non-hydrogen) atoms. The van der Waals surface area contributed by atoms with Gasteiger partial charge in [0.05, 0.1) is 30.5 Å². The van der Waals surface area contributed by atoms with Crippen LogP contribution in [0.2, 0.25) is 0 Å². The minimum absolute atomic E-state index is 0.0188. The van der Waals surface area contributed by atoms with Crippen LogP contribution in [0.25, 0.3) is 5.76 Å². The van der Waals surface area contributed by atoms with Crippen molar-refractivity contribution >= 4 is 39.9 Å². The molecule has 1 aliphatic heterocycles. The van der Waals surface area contributed by atoms with E-state index in [0.29, 0.717) is 41.5 Å². The number of carbonyl (C=O) groups is 3. The third-order valence-electron chi connectivity index (χ3n) is 6.52. The largest absolute Gasteiger partial charge is 0.507 e. The van der Waals surface area contributed by atoms with Crippen LogP contribution >= 0.6 is 11.3 Å². The highest BCUT2D eigenvalue weighted by Crippen LogP contribution is 2.44. The van der Waals surface area contributed by atoms with Crippen LogP contribution in [0.15, 0.2) is 66.8 Å². The SMILES string of the molecule is C=CCOC(=O)c1sc(N2C(=O)C(=O)C(=C(O)c3ccc(OCCCC)cc3)C2c2ccc(OCCC)cc2)nc1C. The number of unbranched alkanes of at least 4 members (excludes halogenated alkanes) is 1. The Morgan fingerprint density at radius 3 is 2.29 bits per heavy atom. The highest BCUT2D eigenvalue weighted by molar-refractivity contribution is 7.17. The number of aromatic nitrogens is 1. The van der Waals surface area contributed by atoms with E-state index in [-0.39, 0.29) is 27.9 Å². The second-order valence-electron chi connectivity index (χ2n) is 9.61. The first-order chi connectivity index (χ1) is 20.3. The van der Waals surface area contributed by atoms with E-state index in [9.17, 15) is 19.5 Å². The monoisotopic (exact) mass is 590 g/mol. The van der Waals surface area contributed by atoms with Gasteiger partial charge in [-0.2, -0.15) is 0 Å². The normalized spacial score (nSPS) is 16.0. The number of nitrogens with zero attached hydrogens (tertiary/aromatic N) is 2. The van der Waals surface area contributed by atoms with Crippen molar-refractivity contribution in [2.24, 2.45) is 0 Å². The van der Waals surface area contributed by atoms with Gasteiger partial charge in [-0.25, -0.2) is 9.78 Å². The van der Waals surface area contributed by atoms with Crippen LogP contribution in [-0.2, 0) is 14.3 Å². The lowest BCUT2D eigenvalue weighted by Gasteiger charge is -2.23. The van der Waals surface area contributed by atoms with Crippen LogP contribution in [0, 0.1) is 6.92 Å². The van der Waals surface area contributed by atoms with Gasteiger partial charge in [-0.15, -0.1) is 0 Å². The van der Waals surface area contributed by atoms with Gasteiger partial charge in [-0.05, 0) is 61.7 Å². The molecular weight excluding hydrogens is 556 g/mol. The molecule has 0 spiro atoms. The molecule has 1 amide bonds. The maximum absolute atomic E-state index is 13.5. The molecule has 1 aliphatic rings. The highest BCUT2D eigenvalue weighted by Gasteiger charge is 2.48. The van der Waals surface area contributed by atoms with E-state index in [1.165, 1.54) is 11.0 Å². The lowest BCUT2D eigenvalue weighted by molar-refractivity contribution is -0.132. The zero-order valence-electron chi connectivity index (χ0n) is 23.9. The van der Waals surface area contributed by atoms with Gasteiger partial charge in [0.25, 0.3) is 5.78 Å². The van der Waals surface area contributed by atoms with Gasteiger partial charge in [0.1, 0.15) is 28.7 Å². The molecule has 9 nitrogen and oxygen atoms in total. The Morgan fingerprint density at radius 1 is 1.02 bits per heavy atom. The molecule has 1 aromatic heterocycles. The molecule has 1 N–H and O–H groups in total. The maximum atomic E-state index is 13.5. The van der Waals surface area contributed by atoms with Crippen molar-refractivity contribution in [3.63, 3.8) is 0 Å². The Hall–Kier alpha value is -4.44. The minimum Gasteiger partial charge on any atom is -0.507 e. The van der Waals surface area contributed by atoms with Crippen molar-refractivity contribution in [2.75, 3.05) is 24.7 Å². The van der Waals surface area contributed by atoms with E-state index in [1.54, 1.807) is 55.5 Å². The van der Waals surface area contributed by atoms with Crippen molar-refractivity contribution in [1.82, 2.24) is 4.98 Å². The maximum Gasteiger partial charge on any atom is 0.350 e. The molecule has 0 bridgehead atoms. The first-order valence-corrected chi connectivity index (χ1v) is 14.6. The summed E-state index contributed by atoms with van der Waals surface area (Å²) in [4.78, 5) is 45.5. The first kappa shape index (κ1) is 30.5. The number of rotatable bonds is 13. The van der Waals surface area contributed by atoms with Crippen molar-refractivity contribution in [3.05, 3.63) is 88.5 Å². The fourth-order valence-electron chi connectivity index (χ4n) is 4.39. The molecule has 4 rings (SSSR count). The topological polar surface area (TPSA) is 115 Å². The Labute approximate surface area is 249 Å². The summed E-state index contributed by atoms with van der Waals surface area (Å²) in [6.07, 6.45) is 4.20. The molecule has 1 atom stereocenters. The molecule has 0 saturated carbocycles. The first-order valence-electron chi connectivity index (χ1n) is 13.8. The number of esters is 1. The summed E-state index contributed by atoms with van der Waals surface area (Å²) in [6, 6.07) is 12.7. The van der Waals surface area contributed by atoms with Gasteiger partial charge in [-0.3, -0.25) is 14.5 Å². The van der Waals surface area contributed by atoms with E-state index in [2.05, 4.69) is 18.5 Å². The number of benzene rings is 2. The molecular formula is C32H34N2O7S. The number of aliphatic hydroxyl groups excluding tert-OH is 1. The van der Waals surface area contributed by atoms with Crippen LogP contribution in [0.4, 0.5) is 5.13 Å². The molecule has 1 fully saturated rings. The van der Waals surface area contributed by atoms with Gasteiger partial charge >= 0.3 is 11.9 Å². The third kappa shape index (κ3) is 6.54. The molecule has 10 heteroatoms. The lowest BCUT2D eigenvalue weighted by Crippen LogP contribution is -2.29. The van der Waals surface area contributed by atoms with Crippen molar-refractivity contribution in [2.45, 2.75) is 46.1 Å². The summed E-state index contributed by atoms with van der Waals surface area (Å²) in [6.45, 7) is 10.4. The van der Waals surface area contributed by atoms with Gasteiger partial charge in [0, 0.05) is 5.56 Å². The number of Topliss-reactive ketones (excluding diaryl/α,β-unsaturated/α-hetero) is 1. The minimum atomic E-state index is -1.01. The molecule has 1 unspecified atom stereocenters. The summed E-state index contributed by atoms with van der Waals surface area (Å²) >= 11 is 0.942. The predicted octanol–water partition coefficient (Wildman–Crippen LogP) is 6.39. The Kier molecular flexibility index (Phi) is 10.1. The van der Waals surface area contributed by atoms with Crippen LogP contribution in [-0.4, -0.2) is 47.6 Å². The summed E-state index contributed by atoms with van der Waals surface area (Å²) in [5.41, 5.74) is 1.17. The molecule has 220 valence electrons. The summed E-state index contributed by atoms with van der Waals surface area (Å²) in [5, 5.41) is 11.6. The smallest absolute Gasteiger partial charge is 0.350 e. The predicted molar refractivity (Wildman–Crippen MR) is 161 cm³/mol. The average molecular weight is 591 g/mol. The molecule has 0 radical (unpaired) electrons. The average Bonchev–Trinajstić information content (AvgIpc) is 3.51. The number of hydrogen-bond donors (Lipinski definition) is 1. The van der Waals surface area contributed by atoms with Crippen LogP contribution in [0.5, 0.6) is 11.5 Å². The zero-order chi connectivity index (χ0) is 30.2. The summed E-state index contributed by atoms with van der Waals surface area (Å²) in [5.74, 6) is -1.40. The standard InChI is InChI=1S/C32H34N2O7S/c1-5-8-19-40-24-15-11-22(12-16-24)27(35)25-26(21-9-13-23(14-10-21)39-17-6-2)34(30(37)28(25)36)32-33-20(4)29(42-32)31(38)41-18-7-3/h7,9-16,26,35H,3,5-6,8,17-19H2,1-2,4H3. The Bertz CT molecular complexity index is 1480. The zero-order valence-corrected chi connectivity index (χ0v) is 24.7. The Balaban J connectivity index is 1.78. The van der Waals surface area contributed by atoms with Crippen molar-refractivity contribution < 1.29 is 33.7 Å². The highest BCUT2D eigenvalue weighted by atomic mass is 32.1. The number of amides is 1. The number of aliphatic hydroxyl groups is 1. The number of ether oxygens (including phenoxy) is 3. The number of ketones is 1. The number of anilines is 1. The van der Waals surface area contributed by atoms with Crippen molar-refractivity contribution in [3.8, 4) is 11.5 Å². The van der Waals surface area contributed by atoms with Gasteiger partial charge in [0.15, 0.2) is 5.13 Å². The van der Waals surface area contributed by atoms with E-state index in [1.807, 2.05) is 6.92 Å². The number of thiazole rings is 1. The number of carbonyl (C=O) groups excluding carboxylic acids is 3. The second kappa shape index (κ2) is 14.0. The van der Waals surface area contributed by atoms with Crippen LogP contribution in [0.3, 0.4) is 0 Å². The van der Waals surface area contributed by atoms with Gasteiger partial charge in [-0.1, -0.05) is 56.4 Å². The summed E-state index contributed by atoms with van der Waals surface area (Å²) < 4.78 is 16.6. The quantitative estimate of drug-likeness (QED) is 0.0608. The fourth-order valence-corrected chi connectivity index (χ4v) is 5.37. The van der Waals surface area contributed by atoms with Crippen LogP contribution < -0.4 is 14.4 Å². The van der Waals surface area contributed by atoms with E-state index in [4.69, 9.17) is 14.2 Å². The van der Waals surface area contributed by atoms with Crippen molar-refractivity contribution in [1.29, 1.82) is 0 Å². The Morgan fingerprint density at radius 2 is 1.67 bits per heavy atom. The number of hydrogen-bond acceptors (Lipinski definition) is 9. The molecule has 2 heterocycles. The summed E-state index contributed by atoms with van der Waals surface area (Å²) in [7, 11) is 0. The third-order valence-corrected chi connectivity index (χ3v) is 7.65. The van der Waals surface area contributed by atoms with E-state index >= 15 is 0 Å². The lowest BCUT2D eigenvalue weighted by atomic mass is 9.95. The molecule has 0 aliphatic carbocycles. The second-order valence-corrected chi connectivity index (χ2v) is 10.6. The van der Waals surface area contributed by atoms with E-state index < -0.39 is 23.7 Å². The number of aryl methyl sites for hydroxylation is 1. The van der Waals surface area contributed by atoms with Crippen LogP contribution in [0.1, 0.15) is 65.6 Å². The van der Waals surface area contributed by atoms with E-state index in [0.717, 1.165) is 30.6 Å². The fraction of sp³-hybridized carbons (Fsp3) is 0.312. The van der Waals surface area contributed by atoms with Gasteiger partial charge in [0.2, 0.25) is 0 Å². The molecule has 3 aromatic rings. The molecule has 2 aromatic carbocycles. The van der Waals surface area contributed by atoms with Gasteiger partial charge < -0.3 is 19.3 Å². The molecule has 1 saturated heterocycles.